The van der Waals surface area contributed by atoms with Gasteiger partial charge < -0.3 is 8.98 Å². The predicted molar refractivity (Wildman–Crippen MR) is 274 cm³/mol. The van der Waals surface area contributed by atoms with E-state index in [2.05, 4.69) is 213 Å². The maximum Gasteiger partial charge on any atom is 0.164 e. The van der Waals surface area contributed by atoms with Crippen molar-refractivity contribution in [3.63, 3.8) is 0 Å². The number of nitrogens with zero attached hydrogens (tertiary/aromatic N) is 4. The number of para-hydroxylation sites is 3. The van der Waals surface area contributed by atoms with E-state index in [9.17, 15) is 0 Å². The van der Waals surface area contributed by atoms with Gasteiger partial charge in [0.25, 0.3) is 0 Å². The van der Waals surface area contributed by atoms with Crippen molar-refractivity contribution in [2.24, 2.45) is 0 Å². The molecule has 0 saturated carbocycles. The van der Waals surface area contributed by atoms with Gasteiger partial charge in [0, 0.05) is 43.9 Å². The van der Waals surface area contributed by atoms with Crippen LogP contribution in [0.1, 0.15) is 26.3 Å². The molecule has 66 heavy (non-hydrogen) atoms. The number of rotatable bonds is 5. The standard InChI is InChI=1S/C61H42N4O/c1-61(2,3)53-22-13-19-45-46(53)20-12-21-51(45)59-62-58(39-27-26-37-28-30-41(35-40(37)34-39)65-54-23-9-6-16-47(54)48-17-7-10-24-55(48)65)63-60(64-59)52-33-32-42(43-14-4-5-15-44(43)52)38-29-31-50-49-18-8-11-25-56(49)66-57(50)36-38/h4-36H,1-3H3. The zero-order chi connectivity index (χ0) is 44.1. The molecule has 0 saturated heterocycles. The average molecular weight is 847 g/mol. The molecular formula is C61H42N4O. The topological polar surface area (TPSA) is 56.7 Å². The molecule has 0 fully saturated rings. The van der Waals surface area contributed by atoms with E-state index in [0.29, 0.717) is 17.5 Å². The van der Waals surface area contributed by atoms with Crippen LogP contribution >= 0.6 is 0 Å². The summed E-state index contributed by atoms with van der Waals surface area (Å²) in [5.74, 6) is 1.87. The van der Waals surface area contributed by atoms with Crippen molar-refractivity contribution in [3.05, 3.63) is 206 Å². The Balaban J connectivity index is 1.01. The van der Waals surface area contributed by atoms with Crippen LogP contribution in [0.5, 0.6) is 0 Å². The minimum Gasteiger partial charge on any atom is -0.456 e. The summed E-state index contributed by atoms with van der Waals surface area (Å²) in [6.45, 7) is 6.80. The number of furan rings is 1. The molecule has 3 heterocycles. The van der Waals surface area contributed by atoms with Crippen LogP contribution < -0.4 is 0 Å². The van der Waals surface area contributed by atoms with E-state index < -0.39 is 0 Å². The first kappa shape index (κ1) is 38.1. The van der Waals surface area contributed by atoms with Crippen LogP contribution in [0, 0.1) is 0 Å². The fraction of sp³-hybridized carbons (Fsp3) is 0.0656. The lowest BCUT2D eigenvalue weighted by Crippen LogP contribution is -2.11. The maximum atomic E-state index is 6.34. The number of hydrogen-bond acceptors (Lipinski definition) is 4. The van der Waals surface area contributed by atoms with Crippen LogP contribution in [0.2, 0.25) is 0 Å². The summed E-state index contributed by atoms with van der Waals surface area (Å²) in [4.78, 5) is 16.1. The highest BCUT2D eigenvalue weighted by atomic mass is 16.3. The van der Waals surface area contributed by atoms with E-state index in [1.165, 1.54) is 32.8 Å². The SMILES string of the molecule is CC(C)(C)c1cccc2c(-c3nc(-c4ccc5ccc(-n6c7ccccc7c7ccccc76)cc5c4)nc(-c4ccc(-c5ccc6c(c5)oc5ccccc56)c5ccccc45)n3)cccc12. The third kappa shape index (κ3) is 6.04. The zero-order valence-electron chi connectivity index (χ0n) is 36.7. The van der Waals surface area contributed by atoms with E-state index in [-0.39, 0.29) is 5.41 Å². The third-order valence-corrected chi connectivity index (χ3v) is 13.4. The molecule has 13 rings (SSSR count). The van der Waals surface area contributed by atoms with E-state index in [1.807, 2.05) is 12.1 Å². The van der Waals surface area contributed by atoms with Crippen molar-refractivity contribution in [1.82, 2.24) is 19.5 Å². The van der Waals surface area contributed by atoms with Gasteiger partial charge in [-0.15, -0.1) is 0 Å². The molecule has 0 radical (unpaired) electrons. The Kier molecular flexibility index (Phi) is 8.40. The Morgan fingerprint density at radius 3 is 1.67 bits per heavy atom. The maximum absolute atomic E-state index is 6.34. The lowest BCUT2D eigenvalue weighted by Gasteiger charge is -2.22. The average Bonchev–Trinajstić information content (AvgIpc) is 3.90. The normalized spacial score (nSPS) is 12.2. The van der Waals surface area contributed by atoms with E-state index in [0.717, 1.165) is 82.4 Å². The molecule has 13 aromatic rings. The second kappa shape index (κ2) is 14.6. The van der Waals surface area contributed by atoms with Crippen LogP contribution in [0.25, 0.3) is 127 Å². The van der Waals surface area contributed by atoms with Gasteiger partial charge in [0.05, 0.1) is 11.0 Å². The minimum absolute atomic E-state index is 0.0493. The number of aromatic nitrogens is 4. The Morgan fingerprint density at radius 2 is 0.909 bits per heavy atom. The Labute approximate surface area is 381 Å². The van der Waals surface area contributed by atoms with Crippen molar-refractivity contribution in [3.8, 4) is 51.0 Å². The summed E-state index contributed by atoms with van der Waals surface area (Å²) < 4.78 is 8.71. The summed E-state index contributed by atoms with van der Waals surface area (Å²) in [7, 11) is 0. The Hall–Kier alpha value is -8.41. The fourth-order valence-electron chi connectivity index (χ4n) is 10.3. The van der Waals surface area contributed by atoms with Crippen molar-refractivity contribution >= 4 is 76.1 Å². The molecule has 0 aliphatic carbocycles. The molecule has 0 amide bonds. The molecule has 3 aromatic heterocycles. The molecule has 5 heteroatoms. The summed E-state index contributed by atoms with van der Waals surface area (Å²) in [6, 6.07) is 71.3. The zero-order valence-corrected chi connectivity index (χ0v) is 36.7. The van der Waals surface area contributed by atoms with Crippen LogP contribution in [0.3, 0.4) is 0 Å². The minimum atomic E-state index is -0.0493. The van der Waals surface area contributed by atoms with Gasteiger partial charge in [-0.05, 0) is 109 Å². The summed E-state index contributed by atoms with van der Waals surface area (Å²) >= 11 is 0. The molecule has 5 nitrogen and oxygen atoms in total. The lowest BCUT2D eigenvalue weighted by atomic mass is 9.83. The predicted octanol–water partition coefficient (Wildman–Crippen LogP) is 16.3. The van der Waals surface area contributed by atoms with Gasteiger partial charge in [0.1, 0.15) is 11.2 Å². The number of benzene rings is 10. The van der Waals surface area contributed by atoms with Crippen LogP contribution in [-0.4, -0.2) is 19.5 Å². The Morgan fingerprint density at radius 1 is 0.364 bits per heavy atom. The molecule has 0 aliphatic heterocycles. The second-order valence-corrected chi connectivity index (χ2v) is 18.4. The Bertz CT molecular complexity index is 4060. The molecule has 0 unspecified atom stereocenters. The molecule has 10 aromatic carbocycles. The van der Waals surface area contributed by atoms with E-state index in [1.54, 1.807) is 0 Å². The number of hydrogen-bond donors (Lipinski definition) is 0. The van der Waals surface area contributed by atoms with Crippen LogP contribution in [0.4, 0.5) is 0 Å². The first-order valence-electron chi connectivity index (χ1n) is 22.6. The quantitative estimate of drug-likeness (QED) is 0.173. The monoisotopic (exact) mass is 846 g/mol. The fourth-order valence-corrected chi connectivity index (χ4v) is 10.3. The molecule has 0 aliphatic rings. The number of fused-ring (bicyclic) bond motifs is 9. The highest BCUT2D eigenvalue weighted by Gasteiger charge is 2.22. The van der Waals surface area contributed by atoms with Gasteiger partial charge in [-0.1, -0.05) is 166 Å². The van der Waals surface area contributed by atoms with Gasteiger partial charge in [0.15, 0.2) is 17.5 Å². The first-order chi connectivity index (χ1) is 32.3. The van der Waals surface area contributed by atoms with Crippen LogP contribution in [0.15, 0.2) is 205 Å². The molecule has 0 N–H and O–H groups in total. The van der Waals surface area contributed by atoms with Crippen molar-refractivity contribution in [1.29, 1.82) is 0 Å². The van der Waals surface area contributed by atoms with E-state index in [4.69, 9.17) is 19.4 Å². The van der Waals surface area contributed by atoms with Crippen molar-refractivity contribution in [2.45, 2.75) is 26.2 Å². The summed E-state index contributed by atoms with van der Waals surface area (Å²) in [6.07, 6.45) is 0. The first-order valence-corrected chi connectivity index (χ1v) is 22.6. The van der Waals surface area contributed by atoms with Gasteiger partial charge in [-0.2, -0.15) is 0 Å². The molecule has 0 bridgehead atoms. The molecule has 0 spiro atoms. The summed E-state index contributed by atoms with van der Waals surface area (Å²) in [5.41, 5.74) is 11.5. The summed E-state index contributed by atoms with van der Waals surface area (Å²) in [5, 5.41) is 11.4. The highest BCUT2D eigenvalue weighted by Crippen LogP contribution is 2.41. The van der Waals surface area contributed by atoms with Crippen molar-refractivity contribution in [2.75, 3.05) is 0 Å². The molecular weight excluding hydrogens is 805 g/mol. The lowest BCUT2D eigenvalue weighted by molar-refractivity contribution is 0.596. The van der Waals surface area contributed by atoms with E-state index >= 15 is 0 Å². The largest absolute Gasteiger partial charge is 0.456 e. The van der Waals surface area contributed by atoms with Crippen LogP contribution in [-0.2, 0) is 5.41 Å². The van der Waals surface area contributed by atoms with Gasteiger partial charge in [-0.25, -0.2) is 15.0 Å². The smallest absolute Gasteiger partial charge is 0.164 e. The molecule has 0 atom stereocenters. The third-order valence-electron chi connectivity index (χ3n) is 13.4. The van der Waals surface area contributed by atoms with Gasteiger partial charge in [0.2, 0.25) is 0 Å². The highest BCUT2D eigenvalue weighted by molar-refractivity contribution is 6.11. The van der Waals surface area contributed by atoms with Crippen molar-refractivity contribution < 1.29 is 4.42 Å². The van der Waals surface area contributed by atoms with Gasteiger partial charge >= 0.3 is 0 Å². The molecule has 312 valence electrons. The van der Waals surface area contributed by atoms with Gasteiger partial charge in [-0.3, -0.25) is 0 Å². The second-order valence-electron chi connectivity index (χ2n) is 18.4.